The number of halogens is 2. The molecule has 0 aliphatic carbocycles. The maximum absolute atomic E-state index is 12.3. The number of phenols is 2. The predicted octanol–water partition coefficient (Wildman–Crippen LogP) is 8.33. The number of nitrogens with zero attached hydrogens (tertiary/aromatic N) is 6. The van der Waals surface area contributed by atoms with Gasteiger partial charge in [0.1, 0.15) is 22.9 Å². The first-order valence-electron chi connectivity index (χ1n) is 15.6. The zero-order valence-corrected chi connectivity index (χ0v) is 31.9. The van der Waals surface area contributed by atoms with Crippen LogP contribution >= 0.6 is 31.9 Å². The van der Waals surface area contributed by atoms with Crippen LogP contribution in [0.2, 0.25) is 0 Å². The van der Waals surface area contributed by atoms with Gasteiger partial charge in [-0.15, -0.1) is 0 Å². The SMILES string of the molecule is CCOC(=O)c1nn(-c2ccccc2)c(O)c1C=Nc1cc(Br)ccc1O.CCc1nn(-c2ccccc2)c(O)c1C=Nc1cc(Br)ccc1O.[Co]. The molecule has 0 unspecified atom stereocenters. The van der Waals surface area contributed by atoms with Gasteiger partial charge in [0, 0.05) is 38.2 Å². The second-order valence-electron chi connectivity index (χ2n) is 10.6. The summed E-state index contributed by atoms with van der Waals surface area (Å²) in [6, 6.07) is 28.0. The van der Waals surface area contributed by atoms with Crippen LogP contribution in [0.3, 0.4) is 0 Å². The molecule has 15 heteroatoms. The molecule has 6 aromatic rings. The third-order valence-electron chi connectivity index (χ3n) is 7.22. The van der Waals surface area contributed by atoms with Crippen LogP contribution in [-0.2, 0) is 27.9 Å². The molecule has 12 nitrogen and oxygen atoms in total. The number of hydrogen-bond donors (Lipinski definition) is 4. The van der Waals surface area contributed by atoms with Gasteiger partial charge in [0.25, 0.3) is 0 Å². The Balaban J connectivity index is 0.000000230. The van der Waals surface area contributed by atoms with E-state index in [-0.39, 0.29) is 63.6 Å². The maximum atomic E-state index is 12.3. The van der Waals surface area contributed by atoms with Gasteiger partial charge in [-0.25, -0.2) is 9.48 Å². The van der Waals surface area contributed by atoms with E-state index in [1.165, 1.54) is 27.9 Å². The van der Waals surface area contributed by atoms with E-state index in [0.717, 1.165) is 20.3 Å². The number of ether oxygens (including phenoxy) is 1. The summed E-state index contributed by atoms with van der Waals surface area (Å²) in [6.07, 6.45) is 3.46. The largest absolute Gasteiger partial charge is 0.506 e. The zero-order valence-electron chi connectivity index (χ0n) is 27.7. The number of aromatic hydroxyl groups is 4. The number of hydrogen-bond acceptors (Lipinski definition) is 10. The Morgan fingerprint density at radius 2 is 1.17 bits per heavy atom. The summed E-state index contributed by atoms with van der Waals surface area (Å²) in [5.41, 5.74) is 3.33. The molecule has 6 rings (SSSR count). The molecule has 2 heterocycles. The van der Waals surface area contributed by atoms with Crippen molar-refractivity contribution in [3.05, 3.63) is 129 Å². The number of aromatic nitrogens is 4. The third-order valence-corrected chi connectivity index (χ3v) is 8.20. The van der Waals surface area contributed by atoms with Gasteiger partial charge in [0.05, 0.1) is 34.8 Å². The quantitative estimate of drug-likeness (QED) is 0.0831. The number of carbonyl (C=O) groups excluding carboxylic acids is 1. The van der Waals surface area contributed by atoms with Gasteiger partial charge >= 0.3 is 5.97 Å². The third kappa shape index (κ3) is 9.35. The first-order chi connectivity index (χ1) is 24.6. The van der Waals surface area contributed by atoms with Crippen LogP contribution in [0.4, 0.5) is 11.4 Å². The van der Waals surface area contributed by atoms with Crippen molar-refractivity contribution in [3.8, 4) is 34.6 Å². The van der Waals surface area contributed by atoms with Crippen LogP contribution < -0.4 is 0 Å². The van der Waals surface area contributed by atoms with Crippen LogP contribution in [0.25, 0.3) is 11.4 Å². The van der Waals surface area contributed by atoms with Gasteiger partial charge in [0.2, 0.25) is 11.8 Å². The van der Waals surface area contributed by atoms with Gasteiger partial charge < -0.3 is 25.2 Å². The zero-order chi connectivity index (χ0) is 36.5. The van der Waals surface area contributed by atoms with Gasteiger partial charge in [0.15, 0.2) is 5.69 Å². The average Bonchev–Trinajstić information content (AvgIpc) is 3.65. The molecule has 0 atom stereocenters. The molecule has 0 saturated heterocycles. The van der Waals surface area contributed by atoms with Crippen LogP contribution in [-0.4, -0.2) is 65.0 Å². The minimum absolute atomic E-state index is 0. The van der Waals surface area contributed by atoms with E-state index in [2.05, 4.69) is 52.0 Å². The number of carbonyl (C=O) groups is 1. The number of phenolic OH excluding ortho intramolecular Hbond substituents is 2. The Morgan fingerprint density at radius 3 is 1.65 bits per heavy atom. The van der Waals surface area contributed by atoms with E-state index >= 15 is 0 Å². The van der Waals surface area contributed by atoms with Crippen LogP contribution in [0.1, 0.15) is 41.2 Å². The van der Waals surface area contributed by atoms with E-state index in [9.17, 15) is 25.2 Å². The van der Waals surface area contributed by atoms with Gasteiger partial charge in [-0.05, 0) is 74.0 Å². The molecule has 4 N–H and O–H groups in total. The number of aliphatic imine (C=N–C) groups is 2. The second kappa shape index (κ2) is 18.3. The van der Waals surface area contributed by atoms with E-state index in [4.69, 9.17) is 4.74 Å². The van der Waals surface area contributed by atoms with Gasteiger partial charge in [-0.1, -0.05) is 75.2 Å². The summed E-state index contributed by atoms with van der Waals surface area (Å²) < 4.78 is 9.28. The Bertz CT molecular complexity index is 2210. The molecular weight excluding hydrogens is 843 g/mol. The van der Waals surface area contributed by atoms with Crippen LogP contribution in [0, 0.1) is 0 Å². The summed E-state index contributed by atoms with van der Waals surface area (Å²) in [4.78, 5) is 20.7. The Morgan fingerprint density at radius 1 is 0.712 bits per heavy atom. The molecule has 0 saturated carbocycles. The van der Waals surface area contributed by atoms with Crippen molar-refractivity contribution in [3.63, 3.8) is 0 Å². The number of benzene rings is 4. The number of para-hydroxylation sites is 2. The predicted molar refractivity (Wildman–Crippen MR) is 202 cm³/mol. The van der Waals surface area contributed by atoms with Crippen molar-refractivity contribution < 1.29 is 46.7 Å². The molecule has 0 fully saturated rings. The molecule has 0 aliphatic rings. The minimum atomic E-state index is -0.678. The minimum Gasteiger partial charge on any atom is -0.506 e. The van der Waals surface area contributed by atoms with E-state index in [1.54, 1.807) is 61.5 Å². The monoisotopic (exact) mass is 873 g/mol. The summed E-state index contributed by atoms with van der Waals surface area (Å²) >= 11 is 6.65. The molecule has 4 aromatic carbocycles. The normalized spacial score (nSPS) is 10.9. The fraction of sp³-hybridized carbons (Fsp3) is 0.108. The summed E-state index contributed by atoms with van der Waals surface area (Å²) in [7, 11) is 0. The molecule has 0 spiro atoms. The first-order valence-corrected chi connectivity index (χ1v) is 17.2. The van der Waals surface area contributed by atoms with Crippen molar-refractivity contribution in [1.82, 2.24) is 19.6 Å². The topological polar surface area (TPSA) is 168 Å². The Hall–Kier alpha value is -5.22. The molecule has 0 bridgehead atoms. The molecule has 1 radical (unpaired) electrons. The Labute approximate surface area is 326 Å². The van der Waals surface area contributed by atoms with E-state index in [0.29, 0.717) is 23.4 Å². The molecule has 0 amide bonds. The standard InChI is InChI=1S/C19H16BrN3O4.C18H16BrN3O2.Co/c1-2-27-19(26)17-14(11-21-15-10-12(20)8-9-16(15)24)18(25)23(22-17)13-6-4-3-5-7-13;1-2-15-14(11-20-16-10-12(19)8-9-17(16)23)18(24)22(21-15)13-6-4-3-5-7-13;/h3-11,24-25H,2H2,1H3;3-11,23-24H,2H2,1H3;. The van der Waals surface area contributed by atoms with Gasteiger partial charge in [-0.2, -0.15) is 14.9 Å². The Kier molecular flexibility index (Phi) is 13.9. The van der Waals surface area contributed by atoms with Crippen molar-refractivity contribution in [2.45, 2.75) is 20.3 Å². The second-order valence-corrected chi connectivity index (χ2v) is 12.5. The van der Waals surface area contributed by atoms with Crippen LogP contribution in [0.15, 0.2) is 116 Å². The number of rotatable bonds is 9. The molecule has 2 aromatic heterocycles. The summed E-state index contributed by atoms with van der Waals surface area (Å²) in [5, 5.41) is 49.6. The fourth-order valence-electron chi connectivity index (χ4n) is 4.72. The molecule has 0 aliphatic heterocycles. The molecule has 52 heavy (non-hydrogen) atoms. The van der Waals surface area contributed by atoms with Gasteiger partial charge in [-0.3, -0.25) is 9.98 Å². The average molecular weight is 875 g/mol. The van der Waals surface area contributed by atoms with Crippen molar-refractivity contribution in [1.29, 1.82) is 0 Å². The smallest absolute Gasteiger partial charge is 0.359 e. The van der Waals surface area contributed by atoms with Crippen molar-refractivity contribution in [2.24, 2.45) is 9.98 Å². The molecular formula is C37H32Br2CoN6O6. The van der Waals surface area contributed by atoms with Crippen LogP contribution in [0.5, 0.6) is 23.3 Å². The number of esters is 1. The fourth-order valence-corrected chi connectivity index (χ4v) is 5.41. The van der Waals surface area contributed by atoms with Crippen molar-refractivity contribution in [2.75, 3.05) is 6.61 Å². The maximum Gasteiger partial charge on any atom is 0.359 e. The summed E-state index contributed by atoms with van der Waals surface area (Å²) in [6.45, 7) is 3.81. The van der Waals surface area contributed by atoms with Crippen molar-refractivity contribution >= 4 is 61.6 Å². The van der Waals surface area contributed by atoms with E-state index in [1.807, 2.05) is 43.3 Å². The summed E-state index contributed by atoms with van der Waals surface area (Å²) in [5.74, 6) is -0.884. The first kappa shape index (κ1) is 39.6. The molecule has 269 valence electrons. The van der Waals surface area contributed by atoms with E-state index < -0.39 is 5.97 Å². The number of aryl methyl sites for hydroxylation is 1.